The van der Waals surface area contributed by atoms with Crippen LogP contribution < -0.4 is 10.1 Å². The van der Waals surface area contributed by atoms with Gasteiger partial charge < -0.3 is 10.1 Å². The minimum Gasteiger partial charge on any atom is -0.481 e. The van der Waals surface area contributed by atoms with Crippen LogP contribution in [0.5, 0.6) is 5.75 Å². The van der Waals surface area contributed by atoms with E-state index in [2.05, 4.69) is 5.32 Å². The van der Waals surface area contributed by atoms with Crippen molar-refractivity contribution in [1.29, 1.82) is 0 Å². The summed E-state index contributed by atoms with van der Waals surface area (Å²) in [7, 11) is 0. The van der Waals surface area contributed by atoms with Gasteiger partial charge in [0, 0.05) is 5.69 Å². The van der Waals surface area contributed by atoms with Crippen molar-refractivity contribution >= 4 is 11.6 Å². The zero-order chi connectivity index (χ0) is 16.3. The molecule has 0 aliphatic carbocycles. The maximum absolute atomic E-state index is 12.3. The Morgan fingerprint density at radius 2 is 1.77 bits per heavy atom. The highest BCUT2D eigenvalue weighted by Gasteiger charge is 2.17. The monoisotopic (exact) mass is 297 g/mol. The smallest absolute Gasteiger partial charge is 0.265 e. The van der Waals surface area contributed by atoms with Crippen molar-refractivity contribution in [2.45, 2.75) is 40.7 Å². The van der Waals surface area contributed by atoms with Gasteiger partial charge in [-0.25, -0.2) is 0 Å². The number of carbonyl (C=O) groups is 1. The maximum atomic E-state index is 12.3. The molecule has 1 N–H and O–H groups in total. The van der Waals surface area contributed by atoms with E-state index in [1.54, 1.807) is 6.92 Å². The van der Waals surface area contributed by atoms with Gasteiger partial charge >= 0.3 is 0 Å². The number of anilines is 1. The van der Waals surface area contributed by atoms with Crippen LogP contribution in [0.25, 0.3) is 0 Å². The predicted octanol–water partition coefficient (Wildman–Crippen LogP) is 4.33. The molecular formula is C19H23NO2. The molecular weight excluding hydrogens is 274 g/mol. The van der Waals surface area contributed by atoms with Gasteiger partial charge in [0.2, 0.25) is 0 Å². The first-order chi connectivity index (χ1) is 10.4. The number of aryl methyl sites for hydroxylation is 3. The van der Waals surface area contributed by atoms with E-state index in [1.807, 2.05) is 64.1 Å². The third-order valence-electron chi connectivity index (χ3n) is 3.88. The van der Waals surface area contributed by atoms with Gasteiger partial charge in [-0.2, -0.15) is 0 Å². The van der Waals surface area contributed by atoms with Gasteiger partial charge in [-0.15, -0.1) is 0 Å². The number of benzene rings is 2. The van der Waals surface area contributed by atoms with E-state index in [-0.39, 0.29) is 5.91 Å². The van der Waals surface area contributed by atoms with Crippen LogP contribution in [-0.4, -0.2) is 12.0 Å². The second-order valence-electron chi connectivity index (χ2n) is 5.77. The Morgan fingerprint density at radius 1 is 1.05 bits per heavy atom. The minimum absolute atomic E-state index is 0.144. The van der Waals surface area contributed by atoms with Crippen molar-refractivity contribution in [3.05, 3.63) is 58.7 Å². The molecule has 0 unspecified atom stereocenters. The van der Waals surface area contributed by atoms with E-state index < -0.39 is 6.10 Å². The first kappa shape index (κ1) is 16.1. The van der Waals surface area contributed by atoms with Gasteiger partial charge in [-0.1, -0.05) is 24.3 Å². The molecule has 116 valence electrons. The topological polar surface area (TPSA) is 38.3 Å². The second-order valence-corrected chi connectivity index (χ2v) is 5.77. The first-order valence-electron chi connectivity index (χ1n) is 7.49. The standard InChI is InChI=1S/C19H23NO2/c1-12-9-10-14(3)17(11-12)20-19(21)16(5)22-18-8-6-7-13(2)15(18)4/h6-11,16H,1-5H3,(H,20,21)/t16-/m0/s1. The quantitative estimate of drug-likeness (QED) is 0.912. The molecule has 0 fully saturated rings. The molecule has 1 amide bonds. The molecule has 1 atom stereocenters. The molecule has 0 radical (unpaired) electrons. The molecule has 0 aromatic heterocycles. The lowest BCUT2D eigenvalue weighted by Gasteiger charge is -2.18. The predicted molar refractivity (Wildman–Crippen MR) is 90.6 cm³/mol. The lowest BCUT2D eigenvalue weighted by Crippen LogP contribution is -2.30. The second kappa shape index (κ2) is 6.65. The Hall–Kier alpha value is -2.29. The van der Waals surface area contributed by atoms with Crippen molar-refractivity contribution in [2.24, 2.45) is 0 Å². The van der Waals surface area contributed by atoms with Crippen LogP contribution in [0.2, 0.25) is 0 Å². The van der Waals surface area contributed by atoms with Gasteiger partial charge in [0.1, 0.15) is 5.75 Å². The van der Waals surface area contributed by atoms with Crippen LogP contribution in [0, 0.1) is 27.7 Å². The molecule has 0 saturated carbocycles. The van der Waals surface area contributed by atoms with Crippen LogP contribution in [-0.2, 0) is 4.79 Å². The largest absolute Gasteiger partial charge is 0.481 e. The number of hydrogen-bond donors (Lipinski definition) is 1. The Bertz CT molecular complexity index is 692. The van der Waals surface area contributed by atoms with Gasteiger partial charge in [0.25, 0.3) is 5.91 Å². The van der Waals surface area contributed by atoms with Gasteiger partial charge in [-0.3, -0.25) is 4.79 Å². The summed E-state index contributed by atoms with van der Waals surface area (Å²) >= 11 is 0. The third-order valence-corrected chi connectivity index (χ3v) is 3.88. The van der Waals surface area contributed by atoms with E-state index >= 15 is 0 Å². The third kappa shape index (κ3) is 3.67. The van der Waals surface area contributed by atoms with Crippen LogP contribution in [0.15, 0.2) is 36.4 Å². The van der Waals surface area contributed by atoms with Crippen LogP contribution in [0.4, 0.5) is 5.69 Å². The minimum atomic E-state index is -0.555. The fourth-order valence-corrected chi connectivity index (χ4v) is 2.20. The molecule has 3 nitrogen and oxygen atoms in total. The van der Waals surface area contributed by atoms with Gasteiger partial charge in [0.05, 0.1) is 0 Å². The SMILES string of the molecule is Cc1ccc(C)c(NC(=O)[C@H](C)Oc2cccc(C)c2C)c1. The molecule has 0 aliphatic heterocycles. The van der Waals surface area contributed by atoms with E-state index in [0.717, 1.165) is 33.7 Å². The summed E-state index contributed by atoms with van der Waals surface area (Å²) in [5.41, 5.74) is 5.21. The zero-order valence-electron chi connectivity index (χ0n) is 13.9. The molecule has 0 saturated heterocycles. The van der Waals surface area contributed by atoms with Crippen LogP contribution in [0.3, 0.4) is 0 Å². The highest BCUT2D eigenvalue weighted by atomic mass is 16.5. The molecule has 0 bridgehead atoms. The summed E-state index contributed by atoms with van der Waals surface area (Å²) in [6.07, 6.45) is -0.555. The number of rotatable bonds is 4. The summed E-state index contributed by atoms with van der Waals surface area (Å²) in [4.78, 5) is 12.3. The molecule has 0 heterocycles. The fourth-order valence-electron chi connectivity index (χ4n) is 2.20. The Morgan fingerprint density at radius 3 is 2.50 bits per heavy atom. The zero-order valence-corrected chi connectivity index (χ0v) is 13.9. The summed E-state index contributed by atoms with van der Waals surface area (Å²) in [6, 6.07) is 11.9. The number of ether oxygens (including phenoxy) is 1. The Balaban J connectivity index is 2.09. The van der Waals surface area contributed by atoms with E-state index in [1.165, 1.54) is 0 Å². The average Bonchev–Trinajstić information content (AvgIpc) is 2.47. The number of amides is 1. The van der Waals surface area contributed by atoms with Crippen molar-refractivity contribution in [3.63, 3.8) is 0 Å². The molecule has 3 heteroatoms. The van der Waals surface area contributed by atoms with Crippen molar-refractivity contribution in [1.82, 2.24) is 0 Å². The molecule has 2 aromatic rings. The normalized spacial score (nSPS) is 11.9. The van der Waals surface area contributed by atoms with Crippen LogP contribution >= 0.6 is 0 Å². The van der Waals surface area contributed by atoms with E-state index in [9.17, 15) is 4.79 Å². The Labute approximate surface area is 132 Å². The number of hydrogen-bond acceptors (Lipinski definition) is 2. The average molecular weight is 297 g/mol. The molecule has 2 aromatic carbocycles. The lowest BCUT2D eigenvalue weighted by molar-refractivity contribution is -0.122. The molecule has 2 rings (SSSR count). The van der Waals surface area contributed by atoms with Gasteiger partial charge in [0.15, 0.2) is 6.10 Å². The summed E-state index contributed by atoms with van der Waals surface area (Å²) in [6.45, 7) is 9.78. The lowest BCUT2D eigenvalue weighted by atomic mass is 10.1. The van der Waals surface area contributed by atoms with Crippen molar-refractivity contribution < 1.29 is 9.53 Å². The number of nitrogens with one attached hydrogen (secondary N) is 1. The first-order valence-corrected chi connectivity index (χ1v) is 7.49. The van der Waals surface area contributed by atoms with Crippen LogP contribution in [0.1, 0.15) is 29.2 Å². The van der Waals surface area contributed by atoms with Crippen molar-refractivity contribution in [3.8, 4) is 5.75 Å². The maximum Gasteiger partial charge on any atom is 0.265 e. The summed E-state index contributed by atoms with van der Waals surface area (Å²) in [5.74, 6) is 0.609. The molecule has 22 heavy (non-hydrogen) atoms. The van der Waals surface area contributed by atoms with Gasteiger partial charge in [-0.05, 0) is 69.0 Å². The molecule has 0 spiro atoms. The fraction of sp³-hybridized carbons (Fsp3) is 0.316. The Kier molecular flexibility index (Phi) is 4.86. The van der Waals surface area contributed by atoms with E-state index in [0.29, 0.717) is 0 Å². The van der Waals surface area contributed by atoms with Crippen molar-refractivity contribution in [2.75, 3.05) is 5.32 Å². The summed E-state index contributed by atoms with van der Waals surface area (Å²) in [5, 5.41) is 2.94. The highest BCUT2D eigenvalue weighted by Crippen LogP contribution is 2.22. The number of carbonyl (C=O) groups excluding carboxylic acids is 1. The highest BCUT2D eigenvalue weighted by molar-refractivity contribution is 5.94. The van der Waals surface area contributed by atoms with E-state index in [4.69, 9.17) is 4.74 Å². The molecule has 0 aliphatic rings. The summed E-state index contributed by atoms with van der Waals surface area (Å²) < 4.78 is 5.82.